The van der Waals surface area contributed by atoms with Gasteiger partial charge in [-0.15, -0.1) is 0 Å². The Labute approximate surface area is 157 Å². The predicted molar refractivity (Wildman–Crippen MR) is 108 cm³/mol. The fourth-order valence-electron chi connectivity index (χ4n) is 2.09. The number of aliphatic hydroxyl groups is 2. The van der Waals surface area contributed by atoms with Crippen molar-refractivity contribution in [3.05, 3.63) is 60.8 Å². The van der Waals surface area contributed by atoms with Crippen molar-refractivity contribution in [1.29, 1.82) is 0 Å². The van der Waals surface area contributed by atoms with Crippen molar-refractivity contribution in [2.75, 3.05) is 0 Å². The molecule has 3 N–H and O–H groups in total. The van der Waals surface area contributed by atoms with Gasteiger partial charge in [-0.3, -0.25) is 4.79 Å². The molecule has 0 saturated carbocycles. The molecule has 0 radical (unpaired) electrons. The summed E-state index contributed by atoms with van der Waals surface area (Å²) in [6, 6.07) is 0. The standard InChI is InChI=1S/C22H34O4/c1-2-3-4-5-11-14-17-20(23)21(24)18-15-12-9-7-6-8-10-13-16-19-22(25)26/h3-4,6-7,10-15,20-21,23-24H,2,5,8-9,16-19H2,1H3,(H,25,26)/b4-3-,7-6-,13-10-,14-11-,15-12-/t20-,21+/m0/s1. The fourth-order valence-corrected chi connectivity index (χ4v) is 2.09. The van der Waals surface area contributed by atoms with E-state index in [0.29, 0.717) is 19.3 Å². The second-order valence-corrected chi connectivity index (χ2v) is 6.01. The zero-order valence-electron chi connectivity index (χ0n) is 15.8. The zero-order valence-corrected chi connectivity index (χ0v) is 15.8. The first-order chi connectivity index (χ1) is 12.6. The maximum Gasteiger partial charge on any atom is 0.303 e. The number of carbonyl (C=O) groups is 1. The van der Waals surface area contributed by atoms with Crippen LogP contribution in [0.1, 0.15) is 58.3 Å². The van der Waals surface area contributed by atoms with E-state index in [1.807, 2.05) is 48.6 Å². The van der Waals surface area contributed by atoms with Crippen LogP contribution in [0.25, 0.3) is 0 Å². The summed E-state index contributed by atoms with van der Waals surface area (Å²) in [5.41, 5.74) is 0. The number of hydrogen-bond donors (Lipinski definition) is 3. The average Bonchev–Trinajstić information content (AvgIpc) is 2.61. The molecule has 0 aliphatic heterocycles. The number of carboxylic acids is 1. The van der Waals surface area contributed by atoms with Gasteiger partial charge in [-0.1, -0.05) is 67.7 Å². The van der Waals surface area contributed by atoms with E-state index in [4.69, 9.17) is 5.11 Å². The first kappa shape index (κ1) is 24.1. The smallest absolute Gasteiger partial charge is 0.303 e. The molecule has 0 heterocycles. The Balaban J connectivity index is 3.77. The molecule has 4 heteroatoms. The fraction of sp³-hybridized carbons (Fsp3) is 0.500. The molecule has 26 heavy (non-hydrogen) atoms. The van der Waals surface area contributed by atoms with Crippen molar-refractivity contribution in [3.8, 4) is 0 Å². The van der Waals surface area contributed by atoms with Gasteiger partial charge in [-0.25, -0.2) is 0 Å². The van der Waals surface area contributed by atoms with Gasteiger partial charge in [-0.05, 0) is 44.9 Å². The number of carboxylic acid groups (broad SMARTS) is 1. The van der Waals surface area contributed by atoms with E-state index in [9.17, 15) is 15.0 Å². The summed E-state index contributed by atoms with van der Waals surface area (Å²) in [5, 5.41) is 28.3. The minimum atomic E-state index is -0.775. The van der Waals surface area contributed by atoms with Crippen molar-refractivity contribution in [1.82, 2.24) is 0 Å². The molecular weight excluding hydrogens is 328 g/mol. The Bertz CT molecular complexity index is 486. The topological polar surface area (TPSA) is 77.8 Å². The van der Waals surface area contributed by atoms with Crippen LogP contribution in [0.5, 0.6) is 0 Å². The summed E-state index contributed by atoms with van der Waals surface area (Å²) in [4.78, 5) is 10.3. The van der Waals surface area contributed by atoms with Crippen LogP contribution in [-0.2, 0) is 4.79 Å². The van der Waals surface area contributed by atoms with E-state index in [2.05, 4.69) is 19.1 Å². The van der Waals surface area contributed by atoms with Gasteiger partial charge in [0.15, 0.2) is 0 Å². The van der Waals surface area contributed by atoms with Gasteiger partial charge in [0.1, 0.15) is 0 Å². The molecule has 0 aliphatic rings. The van der Waals surface area contributed by atoms with E-state index in [1.165, 1.54) is 0 Å². The van der Waals surface area contributed by atoms with Gasteiger partial charge in [-0.2, -0.15) is 0 Å². The molecule has 0 aromatic rings. The van der Waals surface area contributed by atoms with E-state index >= 15 is 0 Å². The van der Waals surface area contributed by atoms with Gasteiger partial charge in [0.25, 0.3) is 0 Å². The molecular formula is C22H34O4. The second kappa shape index (κ2) is 17.9. The third-order valence-electron chi connectivity index (χ3n) is 3.61. The summed E-state index contributed by atoms with van der Waals surface area (Å²) in [6.45, 7) is 2.09. The average molecular weight is 363 g/mol. The Morgan fingerprint density at radius 3 is 1.62 bits per heavy atom. The molecule has 0 spiro atoms. The van der Waals surface area contributed by atoms with Crippen molar-refractivity contribution in [2.24, 2.45) is 0 Å². The number of allylic oxidation sites excluding steroid dienone is 8. The van der Waals surface area contributed by atoms with E-state index in [0.717, 1.165) is 25.7 Å². The van der Waals surface area contributed by atoms with Crippen LogP contribution in [-0.4, -0.2) is 33.5 Å². The number of rotatable bonds is 15. The molecule has 0 aromatic carbocycles. The largest absolute Gasteiger partial charge is 0.481 e. The summed E-state index contributed by atoms with van der Waals surface area (Å²) in [6.07, 6.45) is 23.4. The molecule has 0 amide bonds. The van der Waals surface area contributed by atoms with Crippen LogP contribution in [0.3, 0.4) is 0 Å². The molecule has 0 aromatic heterocycles. The number of aliphatic carboxylic acids is 1. The van der Waals surface area contributed by atoms with Crippen molar-refractivity contribution in [3.63, 3.8) is 0 Å². The Kier molecular flexibility index (Phi) is 16.6. The van der Waals surface area contributed by atoms with Gasteiger partial charge in [0, 0.05) is 6.42 Å². The van der Waals surface area contributed by atoms with Crippen LogP contribution >= 0.6 is 0 Å². The van der Waals surface area contributed by atoms with Gasteiger partial charge >= 0.3 is 5.97 Å². The summed E-state index contributed by atoms with van der Waals surface area (Å²) in [5.74, 6) is -0.775. The zero-order chi connectivity index (χ0) is 19.5. The maximum absolute atomic E-state index is 10.3. The van der Waals surface area contributed by atoms with Crippen LogP contribution in [0.4, 0.5) is 0 Å². The van der Waals surface area contributed by atoms with E-state index in [1.54, 1.807) is 0 Å². The van der Waals surface area contributed by atoms with Gasteiger partial charge < -0.3 is 15.3 Å². The van der Waals surface area contributed by atoms with Crippen LogP contribution < -0.4 is 0 Å². The van der Waals surface area contributed by atoms with Crippen LogP contribution in [0.2, 0.25) is 0 Å². The van der Waals surface area contributed by atoms with Crippen LogP contribution in [0.15, 0.2) is 60.8 Å². The van der Waals surface area contributed by atoms with Crippen molar-refractivity contribution in [2.45, 2.75) is 70.5 Å². The lowest BCUT2D eigenvalue weighted by Crippen LogP contribution is -2.24. The highest BCUT2D eigenvalue weighted by atomic mass is 16.4. The molecule has 2 atom stereocenters. The first-order valence-corrected chi connectivity index (χ1v) is 9.40. The minimum Gasteiger partial charge on any atom is -0.481 e. The third kappa shape index (κ3) is 16.9. The lowest BCUT2D eigenvalue weighted by molar-refractivity contribution is -0.136. The Hall–Kier alpha value is -1.91. The molecule has 0 rings (SSSR count). The Morgan fingerprint density at radius 1 is 0.731 bits per heavy atom. The highest BCUT2D eigenvalue weighted by molar-refractivity contribution is 5.66. The van der Waals surface area contributed by atoms with E-state index in [-0.39, 0.29) is 6.42 Å². The van der Waals surface area contributed by atoms with Gasteiger partial charge in [0.05, 0.1) is 12.2 Å². The highest BCUT2D eigenvalue weighted by Crippen LogP contribution is 2.06. The molecule has 146 valence electrons. The molecule has 4 nitrogen and oxygen atoms in total. The van der Waals surface area contributed by atoms with Crippen LogP contribution in [0, 0.1) is 0 Å². The second-order valence-electron chi connectivity index (χ2n) is 6.01. The van der Waals surface area contributed by atoms with Gasteiger partial charge in [0.2, 0.25) is 0 Å². The van der Waals surface area contributed by atoms with Crippen molar-refractivity contribution >= 4 is 5.97 Å². The van der Waals surface area contributed by atoms with E-state index < -0.39 is 18.2 Å². The SMILES string of the molecule is CC/C=C\C/C=C\C[C@H](O)[C@H](O)C/C=C\C/C=C\C/C=C\CCC(=O)O. The first-order valence-electron chi connectivity index (χ1n) is 9.40. The van der Waals surface area contributed by atoms with Crippen molar-refractivity contribution < 1.29 is 20.1 Å². The summed E-state index contributed by atoms with van der Waals surface area (Å²) < 4.78 is 0. The Morgan fingerprint density at radius 2 is 1.15 bits per heavy atom. The molecule has 0 bridgehead atoms. The molecule has 0 unspecified atom stereocenters. The molecule has 0 aliphatic carbocycles. The summed E-state index contributed by atoms with van der Waals surface area (Å²) >= 11 is 0. The summed E-state index contributed by atoms with van der Waals surface area (Å²) in [7, 11) is 0. The number of hydrogen-bond acceptors (Lipinski definition) is 3. The maximum atomic E-state index is 10.3. The highest BCUT2D eigenvalue weighted by Gasteiger charge is 2.12. The lowest BCUT2D eigenvalue weighted by Gasteiger charge is -2.14. The lowest BCUT2D eigenvalue weighted by atomic mass is 10.1. The minimum absolute atomic E-state index is 0.169. The quantitative estimate of drug-likeness (QED) is 0.369. The number of aliphatic hydroxyl groups excluding tert-OH is 2. The monoisotopic (exact) mass is 362 g/mol. The third-order valence-corrected chi connectivity index (χ3v) is 3.61. The normalized spacial score (nSPS) is 15.2. The predicted octanol–water partition coefficient (Wildman–Crippen LogP) is 4.71. The molecule has 0 saturated heterocycles. The molecule has 0 fully saturated rings.